The van der Waals surface area contributed by atoms with Gasteiger partial charge in [-0.3, -0.25) is 0 Å². The van der Waals surface area contributed by atoms with E-state index in [2.05, 4.69) is 0 Å². The van der Waals surface area contributed by atoms with Crippen LogP contribution in [-0.2, 0) is 23.0 Å². The fourth-order valence-electron chi connectivity index (χ4n) is 2.51. The lowest BCUT2D eigenvalue weighted by molar-refractivity contribution is 0.393. The molecule has 2 aromatic rings. The minimum Gasteiger partial charge on any atom is -0.399 e. The molecule has 0 saturated carbocycles. The summed E-state index contributed by atoms with van der Waals surface area (Å²) in [4.78, 5) is 1.18. The molecule has 0 fully saturated rings. The van der Waals surface area contributed by atoms with Gasteiger partial charge in [0.25, 0.3) is 0 Å². The summed E-state index contributed by atoms with van der Waals surface area (Å²) >= 11 is 1.64. The summed E-state index contributed by atoms with van der Waals surface area (Å²) in [6.07, 6.45) is 0.691. The van der Waals surface area contributed by atoms with Gasteiger partial charge in [0.05, 0.1) is 4.90 Å². The normalized spacial score (nSPS) is 15.9. The van der Waals surface area contributed by atoms with Gasteiger partial charge in [-0.25, -0.2) is 12.8 Å². The zero-order chi connectivity index (χ0) is 15.2. The molecule has 2 N–H and O–H groups in total. The van der Waals surface area contributed by atoms with Crippen LogP contribution in [0, 0.1) is 12.7 Å². The molecule has 0 amide bonds. The molecular formula is C14H15FN2O2S2. The number of fused-ring (bicyclic) bond motifs is 1. The van der Waals surface area contributed by atoms with Crippen molar-refractivity contribution in [3.63, 3.8) is 0 Å². The fourth-order valence-corrected chi connectivity index (χ4v) is 5.09. The van der Waals surface area contributed by atoms with Gasteiger partial charge in [0.2, 0.25) is 10.0 Å². The average Bonchev–Trinajstić information content (AvgIpc) is 2.89. The van der Waals surface area contributed by atoms with Crippen LogP contribution in [0.1, 0.15) is 16.0 Å². The molecule has 7 heteroatoms. The summed E-state index contributed by atoms with van der Waals surface area (Å²) in [7, 11) is -3.74. The minimum absolute atomic E-state index is 0.0429. The Morgan fingerprint density at radius 3 is 2.90 bits per heavy atom. The number of halogens is 1. The number of thiophene rings is 1. The predicted molar refractivity (Wildman–Crippen MR) is 81.2 cm³/mol. The van der Waals surface area contributed by atoms with Crippen molar-refractivity contribution in [1.82, 2.24) is 4.31 Å². The Balaban J connectivity index is 2.03. The highest BCUT2D eigenvalue weighted by molar-refractivity contribution is 7.89. The third-order valence-electron chi connectivity index (χ3n) is 3.71. The van der Waals surface area contributed by atoms with Crippen LogP contribution in [0.25, 0.3) is 0 Å². The molecule has 4 nitrogen and oxygen atoms in total. The SMILES string of the molecule is Cc1c(F)cc(N)cc1S(=O)(=O)N1CCc2sccc2C1. The molecular weight excluding hydrogens is 311 g/mol. The second kappa shape index (κ2) is 5.08. The smallest absolute Gasteiger partial charge is 0.243 e. The second-order valence-corrected chi connectivity index (χ2v) is 7.99. The topological polar surface area (TPSA) is 63.4 Å². The van der Waals surface area contributed by atoms with Crippen LogP contribution in [0.3, 0.4) is 0 Å². The van der Waals surface area contributed by atoms with E-state index >= 15 is 0 Å². The standard InChI is InChI=1S/C14H15FN2O2S2/c1-9-12(15)6-11(16)7-14(9)21(18,19)17-4-2-13-10(8-17)3-5-20-13/h3,5-7H,2,4,8,16H2,1H3. The number of sulfonamides is 1. The Morgan fingerprint density at radius 2 is 2.14 bits per heavy atom. The summed E-state index contributed by atoms with van der Waals surface area (Å²) in [6.45, 7) is 2.20. The molecule has 1 aliphatic rings. The molecule has 3 rings (SSSR count). The van der Waals surface area contributed by atoms with E-state index in [1.54, 1.807) is 11.3 Å². The van der Waals surface area contributed by atoms with Crippen LogP contribution in [0.2, 0.25) is 0 Å². The van der Waals surface area contributed by atoms with Crippen molar-refractivity contribution in [3.05, 3.63) is 45.4 Å². The van der Waals surface area contributed by atoms with Gasteiger partial charge >= 0.3 is 0 Å². The number of hydrogen-bond donors (Lipinski definition) is 1. The zero-order valence-electron chi connectivity index (χ0n) is 11.5. The van der Waals surface area contributed by atoms with E-state index in [4.69, 9.17) is 5.73 Å². The van der Waals surface area contributed by atoms with Gasteiger partial charge in [-0.1, -0.05) is 0 Å². The maximum absolute atomic E-state index is 13.8. The molecule has 21 heavy (non-hydrogen) atoms. The van der Waals surface area contributed by atoms with E-state index in [0.717, 1.165) is 11.6 Å². The van der Waals surface area contributed by atoms with Crippen LogP contribution in [-0.4, -0.2) is 19.3 Å². The van der Waals surface area contributed by atoms with E-state index < -0.39 is 15.8 Å². The van der Waals surface area contributed by atoms with Crippen LogP contribution in [0.15, 0.2) is 28.5 Å². The first-order valence-electron chi connectivity index (χ1n) is 6.50. The first-order chi connectivity index (χ1) is 9.89. The van der Waals surface area contributed by atoms with Gasteiger partial charge in [-0.05, 0) is 42.5 Å². The number of anilines is 1. The van der Waals surface area contributed by atoms with E-state index in [9.17, 15) is 12.8 Å². The van der Waals surface area contributed by atoms with Gasteiger partial charge in [0.1, 0.15) is 5.82 Å². The molecule has 2 heterocycles. The molecule has 1 aromatic heterocycles. The first kappa shape index (κ1) is 14.5. The molecule has 0 spiro atoms. The zero-order valence-corrected chi connectivity index (χ0v) is 13.1. The van der Waals surface area contributed by atoms with Crippen molar-refractivity contribution in [1.29, 1.82) is 0 Å². The molecule has 0 atom stereocenters. The Hall–Kier alpha value is -1.44. The van der Waals surface area contributed by atoms with Crippen molar-refractivity contribution >= 4 is 27.0 Å². The number of rotatable bonds is 2. The van der Waals surface area contributed by atoms with Crippen LogP contribution < -0.4 is 5.73 Å². The molecule has 0 radical (unpaired) electrons. The minimum atomic E-state index is -3.74. The lowest BCUT2D eigenvalue weighted by atomic mass is 10.1. The van der Waals surface area contributed by atoms with E-state index in [1.165, 1.54) is 22.2 Å². The van der Waals surface area contributed by atoms with Crippen LogP contribution in [0.4, 0.5) is 10.1 Å². The average molecular weight is 326 g/mol. The van der Waals surface area contributed by atoms with Crippen molar-refractivity contribution in [2.24, 2.45) is 0 Å². The molecule has 0 unspecified atom stereocenters. The van der Waals surface area contributed by atoms with Gasteiger partial charge in [0.15, 0.2) is 0 Å². The Bertz CT molecular complexity index is 799. The van der Waals surface area contributed by atoms with Gasteiger partial charge in [0, 0.05) is 29.2 Å². The lowest BCUT2D eigenvalue weighted by Gasteiger charge is -2.27. The molecule has 112 valence electrons. The predicted octanol–water partition coefficient (Wildman–Crippen LogP) is 2.52. The number of benzene rings is 1. The van der Waals surface area contributed by atoms with E-state index in [0.29, 0.717) is 19.5 Å². The highest BCUT2D eigenvalue weighted by Gasteiger charge is 2.30. The number of hydrogen-bond acceptors (Lipinski definition) is 4. The second-order valence-electron chi connectivity index (χ2n) is 5.08. The van der Waals surface area contributed by atoms with Crippen LogP contribution >= 0.6 is 11.3 Å². The summed E-state index contributed by atoms with van der Waals surface area (Å²) in [5, 5.41) is 1.96. The molecule has 0 saturated heterocycles. The first-order valence-corrected chi connectivity index (χ1v) is 8.82. The third-order valence-corrected chi connectivity index (χ3v) is 6.70. The van der Waals surface area contributed by atoms with Gasteiger partial charge in [-0.15, -0.1) is 11.3 Å². The largest absolute Gasteiger partial charge is 0.399 e. The van der Waals surface area contributed by atoms with Crippen molar-refractivity contribution in [3.8, 4) is 0 Å². The maximum Gasteiger partial charge on any atom is 0.243 e. The number of nitrogens with two attached hydrogens (primary N) is 1. The summed E-state index contributed by atoms with van der Waals surface area (Å²) in [5.41, 5.74) is 6.85. The Labute approximate surface area is 127 Å². The van der Waals surface area contributed by atoms with E-state index in [1.807, 2.05) is 11.4 Å². The highest BCUT2D eigenvalue weighted by Crippen LogP contribution is 2.30. The molecule has 1 aliphatic heterocycles. The number of nitrogen functional groups attached to an aromatic ring is 1. The maximum atomic E-state index is 13.8. The molecule has 1 aromatic carbocycles. The van der Waals surface area contributed by atoms with Crippen LogP contribution in [0.5, 0.6) is 0 Å². The van der Waals surface area contributed by atoms with Crippen molar-refractivity contribution < 1.29 is 12.8 Å². The molecule has 0 bridgehead atoms. The summed E-state index contributed by atoms with van der Waals surface area (Å²) in [5.74, 6) is -0.596. The van der Waals surface area contributed by atoms with Crippen molar-refractivity contribution in [2.45, 2.75) is 24.8 Å². The highest BCUT2D eigenvalue weighted by atomic mass is 32.2. The van der Waals surface area contributed by atoms with Gasteiger partial charge in [-0.2, -0.15) is 4.31 Å². The third kappa shape index (κ3) is 2.45. The quantitative estimate of drug-likeness (QED) is 0.863. The monoisotopic (exact) mass is 326 g/mol. The molecule has 0 aliphatic carbocycles. The van der Waals surface area contributed by atoms with Crippen molar-refractivity contribution in [2.75, 3.05) is 12.3 Å². The Morgan fingerprint density at radius 1 is 1.38 bits per heavy atom. The van der Waals surface area contributed by atoms with Gasteiger partial charge < -0.3 is 5.73 Å². The fraction of sp³-hybridized carbons (Fsp3) is 0.286. The summed E-state index contributed by atoms with van der Waals surface area (Å²) in [6, 6.07) is 4.41. The number of nitrogens with zero attached hydrogens (tertiary/aromatic N) is 1. The lowest BCUT2D eigenvalue weighted by Crippen LogP contribution is -2.35. The summed E-state index contributed by atoms with van der Waals surface area (Å²) < 4.78 is 40.7. The van der Waals surface area contributed by atoms with E-state index in [-0.39, 0.29) is 16.1 Å². The Kier molecular flexibility index (Phi) is 3.51.